The van der Waals surface area contributed by atoms with E-state index in [-0.39, 0.29) is 11.3 Å². The van der Waals surface area contributed by atoms with E-state index in [0.29, 0.717) is 29.7 Å². The second kappa shape index (κ2) is 6.50. The zero-order chi connectivity index (χ0) is 12.0. The number of aldehydes is 1. The van der Waals surface area contributed by atoms with E-state index < -0.39 is 0 Å². The Morgan fingerprint density at radius 2 is 2.19 bits per heavy atom. The van der Waals surface area contributed by atoms with Crippen molar-refractivity contribution in [3.8, 4) is 11.5 Å². The highest BCUT2D eigenvalue weighted by Crippen LogP contribution is 2.31. The Morgan fingerprint density at radius 3 is 2.81 bits per heavy atom. The second-order valence-corrected chi connectivity index (χ2v) is 4.01. The van der Waals surface area contributed by atoms with E-state index in [1.807, 2.05) is 0 Å². The van der Waals surface area contributed by atoms with E-state index >= 15 is 0 Å². The minimum atomic E-state index is -0.0834. The van der Waals surface area contributed by atoms with Crippen LogP contribution in [0.15, 0.2) is 16.6 Å². The van der Waals surface area contributed by atoms with Gasteiger partial charge in [0.05, 0.1) is 16.6 Å². The maximum Gasteiger partial charge on any atom is 0.153 e. The Labute approximate surface area is 102 Å². The van der Waals surface area contributed by atoms with Crippen molar-refractivity contribution in [1.29, 1.82) is 0 Å². The molecule has 1 N–H and O–H groups in total. The molecule has 16 heavy (non-hydrogen) atoms. The standard InChI is InChI=1S/C11H13BrO4/c1-15-3-2-4-16-11-6-10(14)8(7-13)5-9(11)12/h5-7,14H,2-4H2,1H3. The Hall–Kier alpha value is -1.07. The molecule has 0 aliphatic carbocycles. The number of aromatic hydroxyl groups is 1. The molecule has 0 atom stereocenters. The minimum absolute atomic E-state index is 0.0834. The Balaban J connectivity index is 2.66. The summed E-state index contributed by atoms with van der Waals surface area (Å²) in [6.45, 7) is 1.11. The monoisotopic (exact) mass is 288 g/mol. The van der Waals surface area contributed by atoms with Crippen molar-refractivity contribution in [1.82, 2.24) is 0 Å². The van der Waals surface area contributed by atoms with Gasteiger partial charge in [-0.25, -0.2) is 0 Å². The van der Waals surface area contributed by atoms with Crippen molar-refractivity contribution >= 4 is 22.2 Å². The Bertz CT molecular complexity index is 365. The number of rotatable bonds is 6. The van der Waals surface area contributed by atoms with Crippen LogP contribution in [0.1, 0.15) is 16.8 Å². The first kappa shape index (κ1) is 13.0. The van der Waals surface area contributed by atoms with Gasteiger partial charge in [0.2, 0.25) is 0 Å². The molecular weight excluding hydrogens is 276 g/mol. The smallest absolute Gasteiger partial charge is 0.153 e. The number of benzene rings is 1. The van der Waals surface area contributed by atoms with E-state index in [1.165, 1.54) is 12.1 Å². The normalized spacial score (nSPS) is 10.1. The molecule has 88 valence electrons. The summed E-state index contributed by atoms with van der Waals surface area (Å²) in [6, 6.07) is 2.94. The van der Waals surface area contributed by atoms with Crippen LogP contribution in [0.5, 0.6) is 11.5 Å². The highest BCUT2D eigenvalue weighted by molar-refractivity contribution is 9.10. The van der Waals surface area contributed by atoms with Gasteiger partial charge in [0, 0.05) is 26.2 Å². The van der Waals surface area contributed by atoms with Crippen LogP contribution in [0, 0.1) is 0 Å². The van der Waals surface area contributed by atoms with Crippen LogP contribution < -0.4 is 4.74 Å². The van der Waals surface area contributed by atoms with Crippen molar-refractivity contribution in [2.75, 3.05) is 20.3 Å². The first-order valence-corrected chi connectivity index (χ1v) is 5.57. The molecule has 0 bridgehead atoms. The van der Waals surface area contributed by atoms with Crippen LogP contribution in [0.3, 0.4) is 0 Å². The van der Waals surface area contributed by atoms with Crippen LogP contribution in [0.2, 0.25) is 0 Å². The summed E-state index contributed by atoms with van der Waals surface area (Å²) in [4.78, 5) is 10.6. The molecule has 5 heteroatoms. The number of hydrogen-bond donors (Lipinski definition) is 1. The lowest BCUT2D eigenvalue weighted by atomic mass is 10.2. The molecular formula is C11H13BrO4. The first-order valence-electron chi connectivity index (χ1n) is 4.78. The minimum Gasteiger partial charge on any atom is -0.507 e. The molecule has 1 aromatic rings. The maximum absolute atomic E-state index is 10.6. The molecule has 0 unspecified atom stereocenters. The third-order valence-electron chi connectivity index (χ3n) is 1.96. The van der Waals surface area contributed by atoms with Crippen molar-refractivity contribution < 1.29 is 19.4 Å². The summed E-state index contributed by atoms with van der Waals surface area (Å²) < 4.78 is 10.9. The lowest BCUT2D eigenvalue weighted by Crippen LogP contribution is -2.02. The summed E-state index contributed by atoms with van der Waals surface area (Å²) >= 11 is 3.27. The van der Waals surface area contributed by atoms with Gasteiger partial charge in [-0.3, -0.25) is 4.79 Å². The van der Waals surface area contributed by atoms with Crippen molar-refractivity contribution in [3.63, 3.8) is 0 Å². The molecule has 0 saturated heterocycles. The number of hydrogen-bond acceptors (Lipinski definition) is 4. The summed E-state index contributed by atoms with van der Waals surface area (Å²) in [5.74, 6) is 0.430. The molecule has 0 aliphatic heterocycles. The topological polar surface area (TPSA) is 55.8 Å². The van der Waals surface area contributed by atoms with E-state index in [2.05, 4.69) is 15.9 Å². The lowest BCUT2D eigenvalue weighted by molar-refractivity contribution is 0.112. The quantitative estimate of drug-likeness (QED) is 0.645. The fourth-order valence-electron chi connectivity index (χ4n) is 1.15. The van der Waals surface area contributed by atoms with E-state index in [0.717, 1.165) is 6.42 Å². The molecule has 0 aliphatic rings. The van der Waals surface area contributed by atoms with Crippen LogP contribution >= 0.6 is 15.9 Å². The maximum atomic E-state index is 10.6. The van der Waals surface area contributed by atoms with Crippen molar-refractivity contribution in [2.45, 2.75) is 6.42 Å². The van der Waals surface area contributed by atoms with Crippen LogP contribution in [0.25, 0.3) is 0 Å². The van der Waals surface area contributed by atoms with Crippen LogP contribution in [0.4, 0.5) is 0 Å². The number of phenols is 1. The Morgan fingerprint density at radius 1 is 1.44 bits per heavy atom. The molecule has 0 heterocycles. The van der Waals surface area contributed by atoms with E-state index in [9.17, 15) is 9.90 Å². The van der Waals surface area contributed by atoms with Gasteiger partial charge in [0.15, 0.2) is 6.29 Å². The number of carbonyl (C=O) groups excluding carboxylic acids is 1. The summed E-state index contributed by atoms with van der Waals surface area (Å²) in [5.41, 5.74) is 0.233. The van der Waals surface area contributed by atoms with E-state index in [1.54, 1.807) is 7.11 Å². The van der Waals surface area contributed by atoms with Crippen molar-refractivity contribution in [3.05, 3.63) is 22.2 Å². The fourth-order valence-corrected chi connectivity index (χ4v) is 1.62. The fraction of sp³-hybridized carbons (Fsp3) is 0.364. The molecule has 0 radical (unpaired) electrons. The van der Waals surface area contributed by atoms with Crippen molar-refractivity contribution in [2.24, 2.45) is 0 Å². The van der Waals surface area contributed by atoms with Gasteiger partial charge in [-0.15, -0.1) is 0 Å². The van der Waals surface area contributed by atoms with Gasteiger partial charge in [0.1, 0.15) is 11.5 Å². The number of methoxy groups -OCH3 is 1. The molecule has 0 saturated carbocycles. The van der Waals surface area contributed by atoms with Gasteiger partial charge in [0.25, 0.3) is 0 Å². The SMILES string of the molecule is COCCCOc1cc(O)c(C=O)cc1Br. The van der Waals surface area contributed by atoms with Crippen LogP contribution in [-0.4, -0.2) is 31.7 Å². The molecule has 0 spiro atoms. The molecule has 0 aromatic heterocycles. The predicted octanol–water partition coefficient (Wildman–Crippen LogP) is 2.38. The number of ether oxygens (including phenoxy) is 2. The Kier molecular flexibility index (Phi) is 5.28. The van der Waals surface area contributed by atoms with Gasteiger partial charge in [-0.1, -0.05) is 0 Å². The molecule has 1 rings (SSSR count). The molecule has 0 amide bonds. The molecule has 1 aromatic carbocycles. The summed E-state index contributed by atoms with van der Waals surface area (Å²) in [7, 11) is 1.63. The molecule has 0 fully saturated rings. The zero-order valence-electron chi connectivity index (χ0n) is 8.90. The van der Waals surface area contributed by atoms with E-state index in [4.69, 9.17) is 9.47 Å². The summed E-state index contributed by atoms with van der Waals surface area (Å²) in [5, 5.41) is 9.46. The van der Waals surface area contributed by atoms with Gasteiger partial charge in [-0.05, 0) is 22.0 Å². The summed E-state index contributed by atoms with van der Waals surface area (Å²) in [6.07, 6.45) is 1.36. The highest BCUT2D eigenvalue weighted by Gasteiger charge is 2.07. The number of halogens is 1. The van der Waals surface area contributed by atoms with Crippen LogP contribution in [-0.2, 0) is 4.74 Å². The third-order valence-corrected chi connectivity index (χ3v) is 2.58. The average molecular weight is 289 g/mol. The zero-order valence-corrected chi connectivity index (χ0v) is 10.5. The largest absolute Gasteiger partial charge is 0.507 e. The molecule has 4 nitrogen and oxygen atoms in total. The van der Waals surface area contributed by atoms with Gasteiger partial charge >= 0.3 is 0 Å². The lowest BCUT2D eigenvalue weighted by Gasteiger charge is -2.09. The highest BCUT2D eigenvalue weighted by atomic mass is 79.9. The number of phenolic OH excluding ortho intramolecular Hbond substituents is 1. The van der Waals surface area contributed by atoms with Gasteiger partial charge < -0.3 is 14.6 Å². The van der Waals surface area contributed by atoms with Gasteiger partial charge in [-0.2, -0.15) is 0 Å². The average Bonchev–Trinajstić information content (AvgIpc) is 2.28. The predicted molar refractivity (Wildman–Crippen MR) is 63.2 cm³/mol. The third kappa shape index (κ3) is 3.50. The first-order chi connectivity index (χ1) is 7.69. The number of carbonyl (C=O) groups is 1. The second-order valence-electron chi connectivity index (χ2n) is 3.15.